The Hall–Kier alpha value is -2.25. The largest absolute Gasteiger partial charge is 0.451 e. The van der Waals surface area contributed by atoms with Crippen molar-refractivity contribution < 1.29 is 19.1 Å². The number of carbonyl (C=O) groups is 2. The fourth-order valence-corrected chi connectivity index (χ4v) is 2.80. The van der Waals surface area contributed by atoms with Crippen LogP contribution in [-0.2, 0) is 14.3 Å². The van der Waals surface area contributed by atoms with Crippen molar-refractivity contribution in [2.75, 3.05) is 26.9 Å². The molecule has 1 aromatic heterocycles. The zero-order chi connectivity index (χ0) is 16.7. The van der Waals surface area contributed by atoms with Crippen LogP contribution < -0.4 is 5.32 Å². The van der Waals surface area contributed by atoms with Crippen LogP contribution in [0.3, 0.4) is 0 Å². The highest BCUT2D eigenvalue weighted by Crippen LogP contribution is 2.28. The lowest BCUT2D eigenvalue weighted by Crippen LogP contribution is -2.31. The van der Waals surface area contributed by atoms with Gasteiger partial charge in [0.15, 0.2) is 6.61 Å². The second-order valence-corrected chi connectivity index (χ2v) is 5.72. The monoisotopic (exact) mass is 334 g/mol. The van der Waals surface area contributed by atoms with Crippen molar-refractivity contribution in [3.63, 3.8) is 0 Å². The number of nitrogens with zero attached hydrogens (tertiary/aromatic N) is 1. The molecule has 1 heterocycles. The molecule has 0 saturated heterocycles. The summed E-state index contributed by atoms with van der Waals surface area (Å²) in [6.45, 7) is 2.22. The molecule has 0 saturated carbocycles. The van der Waals surface area contributed by atoms with Crippen molar-refractivity contribution in [1.82, 2.24) is 10.3 Å². The lowest BCUT2D eigenvalue weighted by molar-refractivity contribution is -0.124. The van der Waals surface area contributed by atoms with Gasteiger partial charge >= 0.3 is 5.97 Å². The molecule has 23 heavy (non-hydrogen) atoms. The van der Waals surface area contributed by atoms with E-state index in [9.17, 15) is 9.59 Å². The summed E-state index contributed by atoms with van der Waals surface area (Å²) in [5.74, 6) is -0.898. The Balaban J connectivity index is 1.95. The van der Waals surface area contributed by atoms with Gasteiger partial charge in [-0.3, -0.25) is 4.79 Å². The molecular formula is C16H18N2O4S. The highest BCUT2D eigenvalue weighted by Gasteiger charge is 2.18. The number of aromatic nitrogens is 1. The fraction of sp³-hybridized carbons (Fsp3) is 0.312. The molecule has 0 aliphatic carbocycles. The first kappa shape index (κ1) is 17.1. The van der Waals surface area contributed by atoms with Crippen LogP contribution in [0.4, 0.5) is 0 Å². The van der Waals surface area contributed by atoms with Gasteiger partial charge in [-0.15, -0.1) is 11.3 Å². The number of hydrogen-bond acceptors (Lipinski definition) is 6. The number of ether oxygens (including phenoxy) is 2. The molecule has 6 nitrogen and oxygen atoms in total. The zero-order valence-corrected chi connectivity index (χ0v) is 13.8. The summed E-state index contributed by atoms with van der Waals surface area (Å²) < 4.78 is 9.85. The van der Waals surface area contributed by atoms with Gasteiger partial charge in [0.2, 0.25) is 0 Å². The third kappa shape index (κ3) is 4.87. The molecule has 1 amide bonds. The molecule has 0 fully saturated rings. The summed E-state index contributed by atoms with van der Waals surface area (Å²) in [5.41, 5.74) is 1.54. The van der Waals surface area contributed by atoms with E-state index >= 15 is 0 Å². The number of thiazole rings is 1. The first-order valence-electron chi connectivity index (χ1n) is 7.07. The molecule has 2 aromatic rings. The third-order valence-electron chi connectivity index (χ3n) is 2.97. The number of rotatable bonds is 7. The normalized spacial score (nSPS) is 10.3. The quantitative estimate of drug-likeness (QED) is 0.619. The molecule has 0 aliphatic rings. The van der Waals surface area contributed by atoms with Gasteiger partial charge in [0.1, 0.15) is 9.88 Å². The zero-order valence-electron chi connectivity index (χ0n) is 13.0. The minimum Gasteiger partial charge on any atom is -0.451 e. The van der Waals surface area contributed by atoms with Crippen molar-refractivity contribution in [3.05, 3.63) is 40.9 Å². The molecule has 0 atom stereocenters. The number of aryl methyl sites for hydroxylation is 1. The number of amides is 1. The number of carbonyl (C=O) groups excluding carboxylic acids is 2. The van der Waals surface area contributed by atoms with E-state index in [-0.39, 0.29) is 12.5 Å². The van der Waals surface area contributed by atoms with Crippen molar-refractivity contribution in [1.29, 1.82) is 0 Å². The molecule has 1 aromatic carbocycles. The summed E-state index contributed by atoms with van der Waals surface area (Å²) in [7, 11) is 1.54. The predicted octanol–water partition coefficient (Wildman–Crippen LogP) is 2.04. The predicted molar refractivity (Wildman–Crippen MR) is 87.5 cm³/mol. The summed E-state index contributed by atoms with van der Waals surface area (Å²) in [6, 6.07) is 9.59. The third-order valence-corrected chi connectivity index (χ3v) is 4.15. The summed E-state index contributed by atoms with van der Waals surface area (Å²) in [6.07, 6.45) is 0. The Labute approximate surface area is 138 Å². The van der Waals surface area contributed by atoms with E-state index in [4.69, 9.17) is 9.47 Å². The standard InChI is InChI=1S/C16H18N2O4S/c1-11-14(16(20)22-10-13(19)17-8-9-21-2)23-15(18-11)12-6-4-3-5-7-12/h3-7H,8-10H2,1-2H3,(H,17,19). The van der Waals surface area contributed by atoms with Gasteiger partial charge in [0.05, 0.1) is 12.3 Å². The van der Waals surface area contributed by atoms with Crippen LogP contribution in [-0.4, -0.2) is 43.7 Å². The van der Waals surface area contributed by atoms with E-state index < -0.39 is 5.97 Å². The maximum atomic E-state index is 12.1. The number of hydrogen-bond donors (Lipinski definition) is 1. The van der Waals surface area contributed by atoms with Crippen LogP contribution >= 0.6 is 11.3 Å². The van der Waals surface area contributed by atoms with E-state index in [2.05, 4.69) is 10.3 Å². The second kappa shape index (κ2) is 8.40. The van der Waals surface area contributed by atoms with Crippen LogP contribution in [0, 0.1) is 6.92 Å². The molecule has 0 unspecified atom stereocenters. The average molecular weight is 334 g/mol. The number of esters is 1. The smallest absolute Gasteiger partial charge is 0.350 e. The van der Waals surface area contributed by atoms with E-state index in [0.717, 1.165) is 10.6 Å². The van der Waals surface area contributed by atoms with E-state index in [1.807, 2.05) is 30.3 Å². The molecule has 0 aliphatic heterocycles. The van der Waals surface area contributed by atoms with Crippen LogP contribution in [0.1, 0.15) is 15.4 Å². The van der Waals surface area contributed by atoms with Crippen molar-refractivity contribution in [2.45, 2.75) is 6.92 Å². The first-order valence-corrected chi connectivity index (χ1v) is 7.89. The van der Waals surface area contributed by atoms with Crippen molar-refractivity contribution in [3.8, 4) is 10.6 Å². The molecule has 0 bridgehead atoms. The maximum absolute atomic E-state index is 12.1. The Kier molecular flexibility index (Phi) is 6.25. The number of benzene rings is 1. The highest BCUT2D eigenvalue weighted by molar-refractivity contribution is 7.17. The number of methoxy groups -OCH3 is 1. The Morgan fingerprint density at radius 2 is 2.00 bits per heavy atom. The SMILES string of the molecule is COCCNC(=O)COC(=O)c1sc(-c2ccccc2)nc1C. The van der Waals surface area contributed by atoms with E-state index in [1.54, 1.807) is 14.0 Å². The Morgan fingerprint density at radius 3 is 2.70 bits per heavy atom. The molecule has 2 rings (SSSR count). The van der Waals surface area contributed by atoms with Gasteiger partial charge in [-0.2, -0.15) is 0 Å². The van der Waals surface area contributed by atoms with E-state index in [0.29, 0.717) is 23.7 Å². The molecule has 122 valence electrons. The van der Waals surface area contributed by atoms with Crippen LogP contribution in [0.25, 0.3) is 10.6 Å². The molecule has 0 spiro atoms. The maximum Gasteiger partial charge on any atom is 0.350 e. The molecule has 0 radical (unpaired) electrons. The lowest BCUT2D eigenvalue weighted by Gasteiger charge is -2.05. The fourth-order valence-electron chi connectivity index (χ4n) is 1.83. The topological polar surface area (TPSA) is 77.5 Å². The lowest BCUT2D eigenvalue weighted by atomic mass is 10.2. The van der Waals surface area contributed by atoms with Gasteiger partial charge < -0.3 is 14.8 Å². The average Bonchev–Trinajstić information content (AvgIpc) is 2.96. The van der Waals surface area contributed by atoms with Gasteiger partial charge in [-0.1, -0.05) is 30.3 Å². The minimum absolute atomic E-state index is 0.319. The van der Waals surface area contributed by atoms with Crippen LogP contribution in [0.5, 0.6) is 0 Å². The Morgan fingerprint density at radius 1 is 1.26 bits per heavy atom. The van der Waals surface area contributed by atoms with Crippen LogP contribution in [0.15, 0.2) is 30.3 Å². The molecular weight excluding hydrogens is 316 g/mol. The Bertz CT molecular complexity index is 670. The molecule has 7 heteroatoms. The van der Waals surface area contributed by atoms with Crippen LogP contribution in [0.2, 0.25) is 0 Å². The van der Waals surface area contributed by atoms with Gasteiger partial charge in [-0.05, 0) is 6.92 Å². The van der Waals surface area contributed by atoms with E-state index in [1.165, 1.54) is 11.3 Å². The first-order chi connectivity index (χ1) is 11.1. The van der Waals surface area contributed by atoms with Crippen molar-refractivity contribution >= 4 is 23.2 Å². The highest BCUT2D eigenvalue weighted by atomic mass is 32.1. The summed E-state index contributed by atoms with van der Waals surface area (Å²) >= 11 is 1.26. The van der Waals surface area contributed by atoms with Crippen molar-refractivity contribution in [2.24, 2.45) is 0 Å². The second-order valence-electron chi connectivity index (χ2n) is 4.72. The van der Waals surface area contributed by atoms with Gasteiger partial charge in [0, 0.05) is 19.2 Å². The molecule has 1 N–H and O–H groups in total. The summed E-state index contributed by atoms with van der Waals surface area (Å²) in [4.78, 5) is 28.4. The van der Waals surface area contributed by atoms with Gasteiger partial charge in [-0.25, -0.2) is 9.78 Å². The summed E-state index contributed by atoms with van der Waals surface area (Å²) in [5, 5.41) is 3.33. The number of nitrogens with one attached hydrogen (secondary N) is 1. The van der Waals surface area contributed by atoms with Gasteiger partial charge in [0.25, 0.3) is 5.91 Å². The minimum atomic E-state index is -0.538.